The number of ether oxygens (including phenoxy) is 3. The summed E-state index contributed by atoms with van der Waals surface area (Å²) >= 11 is 0. The molecular formula is C26H28N4O4. The van der Waals surface area contributed by atoms with Crippen LogP contribution in [0.15, 0.2) is 30.3 Å². The highest BCUT2D eigenvalue weighted by atomic mass is 16.5. The van der Waals surface area contributed by atoms with Crippen LogP contribution in [-0.4, -0.2) is 60.3 Å². The molecule has 1 N–H and O–H groups in total. The van der Waals surface area contributed by atoms with Crippen LogP contribution in [0.25, 0.3) is 22.7 Å². The first-order valence-corrected chi connectivity index (χ1v) is 11.3. The number of benzene rings is 2. The van der Waals surface area contributed by atoms with Gasteiger partial charge in [-0.15, -0.1) is 0 Å². The zero-order valence-corrected chi connectivity index (χ0v) is 19.7. The molecule has 0 atom stereocenters. The van der Waals surface area contributed by atoms with Gasteiger partial charge in [0, 0.05) is 13.1 Å². The molecule has 2 aromatic carbocycles. The van der Waals surface area contributed by atoms with Crippen molar-refractivity contribution in [3.8, 4) is 17.6 Å². The second-order valence-corrected chi connectivity index (χ2v) is 8.13. The fourth-order valence-corrected chi connectivity index (χ4v) is 3.76. The Balaban J connectivity index is 1.55. The van der Waals surface area contributed by atoms with Gasteiger partial charge in [-0.25, -0.2) is 4.98 Å². The van der Waals surface area contributed by atoms with Crippen molar-refractivity contribution >= 4 is 28.6 Å². The molecule has 0 radical (unpaired) electrons. The van der Waals surface area contributed by atoms with Crippen LogP contribution >= 0.6 is 0 Å². The van der Waals surface area contributed by atoms with Gasteiger partial charge >= 0.3 is 0 Å². The van der Waals surface area contributed by atoms with E-state index in [0.717, 1.165) is 27.7 Å². The van der Waals surface area contributed by atoms with Gasteiger partial charge in [0.25, 0.3) is 5.91 Å². The van der Waals surface area contributed by atoms with Gasteiger partial charge in [-0.2, -0.15) is 5.26 Å². The van der Waals surface area contributed by atoms with Gasteiger partial charge in [0.1, 0.15) is 11.9 Å². The molecule has 8 heteroatoms. The molecule has 1 aromatic heterocycles. The summed E-state index contributed by atoms with van der Waals surface area (Å²) in [5.74, 6) is 1.42. The Morgan fingerprint density at radius 1 is 1.18 bits per heavy atom. The number of fused-ring (bicyclic) bond motifs is 1. The van der Waals surface area contributed by atoms with E-state index in [1.165, 1.54) is 0 Å². The third kappa shape index (κ3) is 5.21. The van der Waals surface area contributed by atoms with E-state index in [1.807, 2.05) is 39.0 Å². The molecule has 2 heterocycles. The van der Waals surface area contributed by atoms with Crippen LogP contribution in [0.5, 0.6) is 11.5 Å². The van der Waals surface area contributed by atoms with Crippen LogP contribution < -0.4 is 9.47 Å². The number of nitrogens with zero attached hydrogens (tertiary/aromatic N) is 3. The molecule has 0 spiro atoms. The summed E-state index contributed by atoms with van der Waals surface area (Å²) in [4.78, 5) is 22.0. The molecule has 1 fully saturated rings. The van der Waals surface area contributed by atoms with Crippen molar-refractivity contribution in [3.63, 3.8) is 0 Å². The maximum atomic E-state index is 12.4. The summed E-state index contributed by atoms with van der Waals surface area (Å²) in [6.07, 6.45) is 1.75. The average molecular weight is 461 g/mol. The van der Waals surface area contributed by atoms with Crippen LogP contribution in [0.2, 0.25) is 0 Å². The highest BCUT2D eigenvalue weighted by Gasteiger charge is 2.18. The lowest BCUT2D eigenvalue weighted by atomic mass is 10.1. The molecule has 4 rings (SSSR count). The number of rotatable bonds is 7. The largest absolute Gasteiger partial charge is 0.490 e. The first-order chi connectivity index (χ1) is 16.5. The third-order valence-electron chi connectivity index (χ3n) is 5.77. The Labute approximate surface area is 198 Å². The summed E-state index contributed by atoms with van der Waals surface area (Å²) < 4.78 is 16.8. The van der Waals surface area contributed by atoms with Crippen LogP contribution in [0.4, 0.5) is 0 Å². The normalized spacial score (nSPS) is 14.2. The Morgan fingerprint density at radius 2 is 1.94 bits per heavy atom. The molecule has 1 aliphatic rings. The Hall–Kier alpha value is -3.83. The molecule has 176 valence electrons. The van der Waals surface area contributed by atoms with Gasteiger partial charge in [-0.05, 0) is 67.8 Å². The molecule has 0 unspecified atom stereocenters. The van der Waals surface area contributed by atoms with Gasteiger partial charge in [0.2, 0.25) is 0 Å². The number of carbonyl (C=O) groups excluding carboxylic acids is 1. The number of amides is 1. The smallest absolute Gasteiger partial charge is 0.260 e. The second kappa shape index (κ2) is 10.4. The number of aromatic nitrogens is 2. The van der Waals surface area contributed by atoms with Crippen LogP contribution in [0, 0.1) is 25.2 Å². The van der Waals surface area contributed by atoms with Gasteiger partial charge in [0.15, 0.2) is 18.1 Å². The topological polar surface area (TPSA) is 100 Å². The number of hydrogen-bond acceptors (Lipinski definition) is 6. The molecular weight excluding hydrogens is 432 g/mol. The number of hydrogen-bond donors (Lipinski definition) is 1. The lowest BCUT2D eigenvalue weighted by Gasteiger charge is -2.26. The van der Waals surface area contributed by atoms with E-state index in [-0.39, 0.29) is 12.5 Å². The van der Waals surface area contributed by atoms with Crippen molar-refractivity contribution in [2.75, 3.05) is 39.5 Å². The van der Waals surface area contributed by atoms with E-state index in [0.29, 0.717) is 55.8 Å². The summed E-state index contributed by atoms with van der Waals surface area (Å²) in [6, 6.07) is 11.7. The summed E-state index contributed by atoms with van der Waals surface area (Å²) in [6.45, 7) is 8.56. The van der Waals surface area contributed by atoms with E-state index in [9.17, 15) is 10.1 Å². The van der Waals surface area contributed by atoms with Crippen LogP contribution in [0.3, 0.4) is 0 Å². The number of H-pyrrole nitrogens is 1. The minimum atomic E-state index is -0.0863. The number of imidazole rings is 1. The SMILES string of the molecule is CCOc1cc(/C=C(/C#N)c2nc3cc(C)c(C)cc3[nH]2)ccc1OCC(=O)N1CCOCC1. The predicted octanol–water partition coefficient (Wildman–Crippen LogP) is 3.88. The zero-order chi connectivity index (χ0) is 24.1. The average Bonchev–Trinajstić information content (AvgIpc) is 3.25. The maximum absolute atomic E-state index is 12.4. The standard InChI is InChI=1S/C26H28N4O4/c1-4-33-24-14-19(5-6-23(24)34-16-25(31)30-7-9-32-10-8-30)13-20(15-27)26-28-21-11-17(2)18(3)12-22(21)29-26/h5-6,11-14H,4,7-10,16H2,1-3H3,(H,28,29)/b20-13-. The number of aromatic amines is 1. The highest BCUT2D eigenvalue weighted by molar-refractivity contribution is 5.90. The van der Waals surface area contributed by atoms with Crippen molar-refractivity contribution in [1.29, 1.82) is 5.26 Å². The zero-order valence-electron chi connectivity index (χ0n) is 19.7. The molecule has 8 nitrogen and oxygen atoms in total. The van der Waals surface area contributed by atoms with Crippen molar-refractivity contribution in [2.45, 2.75) is 20.8 Å². The number of carbonyl (C=O) groups is 1. The van der Waals surface area contributed by atoms with Crippen LogP contribution in [0.1, 0.15) is 29.4 Å². The molecule has 1 saturated heterocycles. The van der Waals surface area contributed by atoms with E-state index in [4.69, 9.17) is 14.2 Å². The maximum Gasteiger partial charge on any atom is 0.260 e. The predicted molar refractivity (Wildman–Crippen MR) is 130 cm³/mol. The minimum absolute atomic E-state index is 0.0729. The Bertz CT molecular complexity index is 1230. The number of nitriles is 1. The van der Waals surface area contributed by atoms with Gasteiger partial charge in [-0.1, -0.05) is 6.07 Å². The molecule has 3 aromatic rings. The van der Waals surface area contributed by atoms with Crippen molar-refractivity contribution in [1.82, 2.24) is 14.9 Å². The second-order valence-electron chi connectivity index (χ2n) is 8.13. The van der Waals surface area contributed by atoms with Crippen molar-refractivity contribution in [3.05, 3.63) is 52.8 Å². The number of aryl methyl sites for hydroxylation is 2. The Morgan fingerprint density at radius 3 is 2.68 bits per heavy atom. The summed E-state index contributed by atoms with van der Waals surface area (Å²) in [7, 11) is 0. The molecule has 34 heavy (non-hydrogen) atoms. The van der Waals surface area contributed by atoms with E-state index in [2.05, 4.69) is 16.0 Å². The third-order valence-corrected chi connectivity index (χ3v) is 5.77. The van der Waals surface area contributed by atoms with Gasteiger partial charge < -0.3 is 24.1 Å². The van der Waals surface area contributed by atoms with Gasteiger partial charge in [0.05, 0.1) is 36.4 Å². The van der Waals surface area contributed by atoms with E-state index in [1.54, 1.807) is 23.1 Å². The Kier molecular flexibility index (Phi) is 7.14. The van der Waals surface area contributed by atoms with Crippen LogP contribution in [-0.2, 0) is 9.53 Å². The van der Waals surface area contributed by atoms with Crippen molar-refractivity contribution < 1.29 is 19.0 Å². The molecule has 1 aliphatic heterocycles. The fraction of sp³-hybridized carbons (Fsp3) is 0.346. The molecule has 0 saturated carbocycles. The lowest BCUT2D eigenvalue weighted by Crippen LogP contribution is -2.43. The first-order valence-electron chi connectivity index (χ1n) is 11.3. The molecule has 0 aliphatic carbocycles. The number of morpholine rings is 1. The minimum Gasteiger partial charge on any atom is -0.490 e. The highest BCUT2D eigenvalue weighted by Crippen LogP contribution is 2.30. The summed E-state index contributed by atoms with van der Waals surface area (Å²) in [5.41, 5.74) is 5.20. The van der Waals surface area contributed by atoms with Crippen molar-refractivity contribution in [2.24, 2.45) is 0 Å². The quantitative estimate of drug-likeness (QED) is 0.537. The molecule has 0 bridgehead atoms. The monoisotopic (exact) mass is 460 g/mol. The number of nitrogens with one attached hydrogen (secondary N) is 1. The molecule has 1 amide bonds. The fourth-order valence-electron chi connectivity index (χ4n) is 3.76. The number of allylic oxidation sites excluding steroid dienone is 1. The van der Waals surface area contributed by atoms with E-state index >= 15 is 0 Å². The first kappa shape index (κ1) is 23.3. The lowest BCUT2D eigenvalue weighted by molar-refractivity contribution is -0.137. The van der Waals surface area contributed by atoms with Gasteiger partial charge in [-0.3, -0.25) is 4.79 Å². The van der Waals surface area contributed by atoms with E-state index < -0.39 is 0 Å². The summed E-state index contributed by atoms with van der Waals surface area (Å²) in [5, 5.41) is 9.79.